The number of carboxylic acids is 2. The van der Waals surface area contributed by atoms with Gasteiger partial charge in [0.05, 0.1) is 18.1 Å². The number of carbonyl (C=O) groups is 4. The first-order chi connectivity index (χ1) is 27.8. The van der Waals surface area contributed by atoms with E-state index in [9.17, 15) is 54.9 Å². The number of aliphatic hydroxyl groups excluding tert-OH is 5. The van der Waals surface area contributed by atoms with E-state index in [1.807, 2.05) is 26.8 Å². The quantitative estimate of drug-likeness (QED) is 0.137. The minimum absolute atomic E-state index is 0.0161. The molecule has 0 aromatic rings. The fourth-order valence-electron chi connectivity index (χ4n) is 13.6. The van der Waals surface area contributed by atoms with Crippen molar-refractivity contribution in [2.45, 2.75) is 181 Å². The number of carbonyl (C=O) groups excluding carboxylic acids is 2. The smallest absolute Gasteiger partial charge is 0.338 e. The number of hydrogen-bond acceptors (Lipinski definition) is 14. The van der Waals surface area contributed by atoms with Crippen LogP contribution < -0.4 is 0 Å². The van der Waals surface area contributed by atoms with Crippen molar-refractivity contribution < 1.29 is 78.6 Å². The molecule has 19 atom stereocenters. The van der Waals surface area contributed by atoms with Crippen LogP contribution >= 0.6 is 0 Å². The molecular weight excluding hydrogens is 784 g/mol. The molecule has 2 aliphatic heterocycles. The van der Waals surface area contributed by atoms with Crippen molar-refractivity contribution in [3.63, 3.8) is 0 Å². The summed E-state index contributed by atoms with van der Waals surface area (Å²) in [5, 5.41) is 74.4. The Morgan fingerprint density at radius 2 is 1.38 bits per heavy atom. The molecule has 16 nitrogen and oxygen atoms in total. The molecule has 16 heteroatoms. The molecule has 7 N–H and O–H groups in total. The lowest BCUT2D eigenvalue weighted by atomic mass is 9.33. The summed E-state index contributed by atoms with van der Waals surface area (Å²) in [4.78, 5) is 52.3. The van der Waals surface area contributed by atoms with Crippen LogP contribution in [0.15, 0.2) is 11.6 Å². The summed E-state index contributed by atoms with van der Waals surface area (Å²) in [5.74, 6) is -3.78. The van der Waals surface area contributed by atoms with Gasteiger partial charge in [-0.05, 0) is 117 Å². The summed E-state index contributed by atoms with van der Waals surface area (Å²) >= 11 is 0. The molecule has 0 aromatic carbocycles. The van der Waals surface area contributed by atoms with E-state index in [-0.39, 0.29) is 41.0 Å². The molecule has 6 fully saturated rings. The number of carboxylic acid groups (broad SMARTS) is 2. The number of ketones is 1. The third-order valence-electron chi connectivity index (χ3n) is 17.5. The largest absolute Gasteiger partial charge is 0.481 e. The topological polar surface area (TPSA) is 256 Å². The average molecular weight is 851 g/mol. The van der Waals surface area contributed by atoms with Gasteiger partial charge >= 0.3 is 17.9 Å². The molecule has 7 rings (SSSR count). The fourth-order valence-corrected chi connectivity index (χ4v) is 13.6. The Kier molecular flexibility index (Phi) is 11.6. The Morgan fingerprint density at radius 3 is 2.02 bits per heavy atom. The number of allylic oxidation sites excluding steroid dienone is 2. The van der Waals surface area contributed by atoms with E-state index in [1.165, 1.54) is 6.92 Å². The number of rotatable bonds is 8. The highest BCUT2D eigenvalue weighted by molar-refractivity contribution is 5.95. The second-order valence-corrected chi connectivity index (χ2v) is 21.0. The lowest BCUT2D eigenvalue weighted by molar-refractivity contribution is -0.371. The number of hydrogen-bond donors (Lipinski definition) is 7. The Balaban J connectivity index is 1.17. The number of aliphatic hydroxyl groups is 5. The third-order valence-corrected chi connectivity index (χ3v) is 17.5. The second kappa shape index (κ2) is 15.3. The zero-order chi connectivity index (χ0) is 44.3. The van der Waals surface area contributed by atoms with Crippen molar-refractivity contribution in [3.8, 4) is 0 Å². The van der Waals surface area contributed by atoms with Crippen molar-refractivity contribution in [2.24, 2.45) is 50.2 Å². The zero-order valence-electron chi connectivity index (χ0n) is 36.0. The van der Waals surface area contributed by atoms with Crippen LogP contribution in [0.3, 0.4) is 0 Å². The van der Waals surface area contributed by atoms with E-state index in [1.54, 1.807) is 0 Å². The summed E-state index contributed by atoms with van der Waals surface area (Å²) in [6.45, 7) is 16.4. The number of ether oxygens (including phenoxy) is 5. The van der Waals surface area contributed by atoms with Crippen molar-refractivity contribution >= 4 is 23.7 Å². The van der Waals surface area contributed by atoms with Gasteiger partial charge in [-0.3, -0.25) is 9.59 Å². The van der Waals surface area contributed by atoms with Crippen LogP contribution in [-0.4, -0.2) is 134 Å². The van der Waals surface area contributed by atoms with Crippen molar-refractivity contribution in [3.05, 3.63) is 11.6 Å². The standard InChI is InChI=1S/C44H66O16/c1-9-56-35(53)31-26(47)25(46)29(50)36(59-31)60-32-28(49)27(48)30(34(51)52)58-37(32)57-24-11-12-42(6)23(39(24,2)3)10-13-44(8)33(42)22(45)18-20-21-19-41(5,38(54)55)15-14-40(21,4)16-17-43(20,44)7/h18,21,23-33,36-37,46-50H,9-17,19H2,1-8H3,(H,51,52)(H,54,55)/t21-,23-,24-,25?,26?,27?,28?,29?,30?,31?,32?,33+,36?,37?,40+,41-,42-,43+,44+/m0/s1. The summed E-state index contributed by atoms with van der Waals surface area (Å²) in [6.07, 6.45) is -11.4. The van der Waals surface area contributed by atoms with Crippen LogP contribution in [0.25, 0.3) is 0 Å². The predicted molar refractivity (Wildman–Crippen MR) is 208 cm³/mol. The minimum Gasteiger partial charge on any atom is -0.481 e. The molecule has 4 saturated carbocycles. The van der Waals surface area contributed by atoms with E-state index in [4.69, 9.17) is 23.7 Å². The summed E-state index contributed by atoms with van der Waals surface area (Å²) in [6, 6.07) is 0. The first-order valence-electron chi connectivity index (χ1n) is 21.7. The number of esters is 1. The SMILES string of the molecule is CCOC(=O)C1OC(OC2C(O[C@H]3CC[C@]4(C)[C@H]5C(=O)C=C6[C@@H]7C[C@@](C)(C(=O)O)CC[C@]7(C)CC[C@@]6(C)[C@]5(C)CC[C@H]4C3(C)C)OC(C(=O)O)C(O)C2O)C(O)C(O)C1O. The number of aliphatic carboxylic acids is 2. The van der Waals surface area contributed by atoms with Gasteiger partial charge in [0.25, 0.3) is 0 Å². The van der Waals surface area contributed by atoms with E-state index in [2.05, 4.69) is 27.7 Å². The van der Waals surface area contributed by atoms with Crippen molar-refractivity contribution in [1.82, 2.24) is 0 Å². The van der Waals surface area contributed by atoms with E-state index < -0.39 is 107 Å². The van der Waals surface area contributed by atoms with Crippen LogP contribution in [0.5, 0.6) is 0 Å². The zero-order valence-corrected chi connectivity index (χ0v) is 36.0. The molecule has 7 aliphatic rings. The lowest BCUT2D eigenvalue weighted by Gasteiger charge is -2.70. The van der Waals surface area contributed by atoms with E-state index in [0.29, 0.717) is 25.7 Å². The molecular formula is C44H66O16. The van der Waals surface area contributed by atoms with Gasteiger partial charge in [0.15, 0.2) is 30.6 Å². The van der Waals surface area contributed by atoms with E-state index >= 15 is 0 Å². The molecule has 60 heavy (non-hydrogen) atoms. The van der Waals surface area contributed by atoms with Crippen LogP contribution in [-0.2, 0) is 42.9 Å². The molecule has 0 spiro atoms. The Morgan fingerprint density at radius 1 is 0.750 bits per heavy atom. The maximum atomic E-state index is 14.9. The van der Waals surface area contributed by atoms with Crippen LogP contribution in [0.1, 0.15) is 113 Å². The molecule has 338 valence electrons. The normalized spacial score (nSPS) is 51.1. The van der Waals surface area contributed by atoms with Crippen LogP contribution in [0, 0.1) is 50.2 Å². The molecule has 0 aromatic heterocycles. The van der Waals surface area contributed by atoms with E-state index in [0.717, 1.165) is 37.7 Å². The third kappa shape index (κ3) is 6.72. The Hall–Kier alpha value is -2.54. The highest BCUT2D eigenvalue weighted by Crippen LogP contribution is 2.75. The van der Waals surface area contributed by atoms with Gasteiger partial charge < -0.3 is 59.4 Å². The highest BCUT2D eigenvalue weighted by Gasteiger charge is 2.71. The summed E-state index contributed by atoms with van der Waals surface area (Å²) < 4.78 is 28.9. The summed E-state index contributed by atoms with van der Waals surface area (Å²) in [7, 11) is 0. The molecule has 2 heterocycles. The van der Waals surface area contributed by atoms with Crippen molar-refractivity contribution in [1.29, 1.82) is 0 Å². The maximum Gasteiger partial charge on any atom is 0.338 e. The van der Waals surface area contributed by atoms with Gasteiger partial charge in [0.1, 0.15) is 36.6 Å². The molecule has 0 bridgehead atoms. The fraction of sp³-hybridized carbons (Fsp3) is 0.864. The molecule has 5 aliphatic carbocycles. The minimum atomic E-state index is -2.02. The Bertz CT molecular complexity index is 1770. The number of fused-ring (bicyclic) bond motifs is 7. The van der Waals surface area contributed by atoms with Crippen LogP contribution in [0.4, 0.5) is 0 Å². The average Bonchev–Trinajstić information content (AvgIpc) is 3.16. The predicted octanol–water partition coefficient (Wildman–Crippen LogP) is 2.72. The first-order valence-corrected chi connectivity index (χ1v) is 21.7. The Labute approximate surface area is 350 Å². The maximum absolute atomic E-state index is 14.9. The van der Waals surface area contributed by atoms with Gasteiger partial charge in [-0.1, -0.05) is 47.1 Å². The van der Waals surface area contributed by atoms with Gasteiger partial charge in [-0.2, -0.15) is 0 Å². The monoisotopic (exact) mass is 850 g/mol. The lowest BCUT2D eigenvalue weighted by Crippen LogP contribution is -2.68. The van der Waals surface area contributed by atoms with Gasteiger partial charge in [0.2, 0.25) is 0 Å². The molecule has 10 unspecified atom stereocenters. The van der Waals surface area contributed by atoms with Gasteiger partial charge in [-0.25, -0.2) is 9.59 Å². The van der Waals surface area contributed by atoms with Gasteiger partial charge in [0, 0.05) is 5.92 Å². The van der Waals surface area contributed by atoms with Gasteiger partial charge in [-0.15, -0.1) is 0 Å². The summed E-state index contributed by atoms with van der Waals surface area (Å²) in [5.41, 5.74) is -1.75. The molecule has 0 radical (unpaired) electrons. The van der Waals surface area contributed by atoms with Crippen molar-refractivity contribution in [2.75, 3.05) is 6.61 Å². The second-order valence-electron chi connectivity index (χ2n) is 21.0. The molecule has 0 amide bonds. The first kappa shape index (κ1) is 45.5. The highest BCUT2D eigenvalue weighted by atomic mass is 16.8. The molecule has 2 saturated heterocycles. The van der Waals surface area contributed by atoms with Crippen LogP contribution in [0.2, 0.25) is 0 Å².